The van der Waals surface area contributed by atoms with Crippen molar-refractivity contribution in [3.05, 3.63) is 120 Å². The minimum Gasteiger partial charge on any atom is -0.493 e. The summed E-state index contributed by atoms with van der Waals surface area (Å²) in [5.41, 5.74) is 2.66. The fourth-order valence-electron chi connectivity index (χ4n) is 4.85. The van der Waals surface area contributed by atoms with Gasteiger partial charge >= 0.3 is 0 Å². The number of rotatable bonds is 13. The Morgan fingerprint density at radius 3 is 2.09 bits per heavy atom. The molecule has 4 aromatic carbocycles. The maximum absolute atomic E-state index is 14.3. The molecule has 0 aliphatic carbocycles. The van der Waals surface area contributed by atoms with Gasteiger partial charge in [-0.1, -0.05) is 60.2 Å². The van der Waals surface area contributed by atoms with Gasteiger partial charge in [-0.25, -0.2) is 12.8 Å². The van der Waals surface area contributed by atoms with Crippen LogP contribution in [-0.2, 0) is 32.6 Å². The molecule has 4 rings (SSSR count). The fraction of sp³-hybridized carbons (Fsp3) is 0.235. The Morgan fingerprint density at radius 2 is 1.49 bits per heavy atom. The van der Waals surface area contributed by atoms with Crippen molar-refractivity contribution in [2.24, 2.45) is 0 Å². The molecule has 0 aromatic heterocycles. The number of carbonyl (C=O) groups excluding carboxylic acids is 2. The van der Waals surface area contributed by atoms with Crippen molar-refractivity contribution in [2.75, 3.05) is 32.1 Å². The molecule has 0 saturated carbocycles. The van der Waals surface area contributed by atoms with Gasteiger partial charge in [0.15, 0.2) is 11.5 Å². The normalized spacial score (nSPS) is 11.8. The van der Waals surface area contributed by atoms with E-state index in [9.17, 15) is 22.4 Å². The molecule has 1 N–H and O–H groups in total. The van der Waals surface area contributed by atoms with E-state index in [1.807, 2.05) is 61.5 Å². The minimum atomic E-state index is -4.41. The van der Waals surface area contributed by atoms with E-state index in [1.165, 1.54) is 56.5 Å². The number of carbonyl (C=O) groups is 2. The summed E-state index contributed by atoms with van der Waals surface area (Å²) in [6.07, 6.45) is 0.192. The first-order valence-corrected chi connectivity index (χ1v) is 15.6. The van der Waals surface area contributed by atoms with Crippen LogP contribution in [0.2, 0.25) is 0 Å². The van der Waals surface area contributed by atoms with E-state index in [-0.39, 0.29) is 29.3 Å². The molecule has 1 atom stereocenters. The quantitative estimate of drug-likeness (QED) is 0.228. The van der Waals surface area contributed by atoms with E-state index in [4.69, 9.17) is 9.47 Å². The van der Waals surface area contributed by atoms with E-state index < -0.39 is 40.2 Å². The molecule has 1 unspecified atom stereocenters. The lowest BCUT2D eigenvalue weighted by Crippen LogP contribution is -2.53. The standard InChI is InChI=1S/C34H36FN3O6S/c1-24-10-12-26(13-11-24)22-37(30(34(40)36-2)20-25-8-6-5-7-9-25)33(39)23-38(28-16-14-27(35)15-17-28)45(41,42)29-18-19-31(43-3)32(21-29)44-4/h5-19,21,30H,20,22-23H2,1-4H3,(H,36,40). The molecule has 236 valence electrons. The predicted molar refractivity (Wildman–Crippen MR) is 170 cm³/mol. The number of nitrogens with zero attached hydrogens (tertiary/aromatic N) is 2. The summed E-state index contributed by atoms with van der Waals surface area (Å²) in [4.78, 5) is 28.9. The summed E-state index contributed by atoms with van der Waals surface area (Å²) in [5.74, 6) is -1.12. The maximum Gasteiger partial charge on any atom is 0.264 e. The van der Waals surface area contributed by atoms with E-state index in [0.717, 1.165) is 33.1 Å². The van der Waals surface area contributed by atoms with Gasteiger partial charge in [-0.15, -0.1) is 0 Å². The molecule has 0 bridgehead atoms. The second-order valence-electron chi connectivity index (χ2n) is 10.3. The molecule has 9 nitrogen and oxygen atoms in total. The number of amides is 2. The molecular formula is C34H36FN3O6S. The lowest BCUT2D eigenvalue weighted by molar-refractivity contribution is -0.139. The SMILES string of the molecule is CNC(=O)C(Cc1ccccc1)N(Cc1ccc(C)cc1)C(=O)CN(c1ccc(F)cc1)S(=O)(=O)c1ccc(OC)c(OC)c1. The third-order valence-electron chi connectivity index (χ3n) is 7.33. The summed E-state index contributed by atoms with van der Waals surface area (Å²) < 4.78 is 53.8. The highest BCUT2D eigenvalue weighted by Gasteiger charge is 2.34. The Hall–Kier alpha value is -4.90. The Morgan fingerprint density at radius 1 is 0.844 bits per heavy atom. The molecule has 0 spiro atoms. The molecule has 0 saturated heterocycles. The zero-order valence-corrected chi connectivity index (χ0v) is 26.4. The van der Waals surface area contributed by atoms with Gasteiger partial charge in [-0.3, -0.25) is 13.9 Å². The number of ether oxygens (including phenoxy) is 2. The van der Waals surface area contributed by atoms with Crippen molar-refractivity contribution in [2.45, 2.75) is 30.8 Å². The van der Waals surface area contributed by atoms with Gasteiger partial charge in [0.05, 0.1) is 24.8 Å². The lowest BCUT2D eigenvalue weighted by atomic mass is 10.0. The van der Waals surface area contributed by atoms with Crippen LogP contribution in [0, 0.1) is 12.7 Å². The van der Waals surface area contributed by atoms with Crippen molar-refractivity contribution in [1.29, 1.82) is 0 Å². The monoisotopic (exact) mass is 633 g/mol. The van der Waals surface area contributed by atoms with Crippen LogP contribution in [0.4, 0.5) is 10.1 Å². The van der Waals surface area contributed by atoms with Crippen molar-refractivity contribution in [3.63, 3.8) is 0 Å². The summed E-state index contributed by atoms with van der Waals surface area (Å²) in [6.45, 7) is 1.31. The van der Waals surface area contributed by atoms with Crippen LogP contribution in [0.25, 0.3) is 0 Å². The molecule has 11 heteroatoms. The maximum atomic E-state index is 14.3. The summed E-state index contributed by atoms with van der Waals surface area (Å²) in [7, 11) is -0.121. The van der Waals surface area contributed by atoms with E-state index in [2.05, 4.69) is 5.32 Å². The van der Waals surface area contributed by atoms with Crippen LogP contribution in [0.15, 0.2) is 102 Å². The van der Waals surface area contributed by atoms with Crippen molar-refractivity contribution in [1.82, 2.24) is 10.2 Å². The number of benzene rings is 4. The number of methoxy groups -OCH3 is 2. The number of likely N-dealkylation sites (N-methyl/N-ethyl adjacent to an activating group) is 1. The molecule has 4 aromatic rings. The van der Waals surface area contributed by atoms with Gasteiger partial charge < -0.3 is 19.7 Å². The number of sulfonamides is 1. The highest BCUT2D eigenvalue weighted by Crippen LogP contribution is 2.32. The average molecular weight is 634 g/mol. The second-order valence-corrected chi connectivity index (χ2v) is 12.2. The molecular weight excluding hydrogens is 597 g/mol. The number of halogens is 1. The van der Waals surface area contributed by atoms with Gasteiger partial charge in [-0.05, 0) is 54.4 Å². The van der Waals surface area contributed by atoms with Gasteiger partial charge in [0.1, 0.15) is 18.4 Å². The van der Waals surface area contributed by atoms with E-state index in [1.54, 1.807) is 0 Å². The molecule has 0 aliphatic rings. The number of hydrogen-bond donors (Lipinski definition) is 1. The first-order valence-electron chi connectivity index (χ1n) is 14.2. The summed E-state index contributed by atoms with van der Waals surface area (Å²) >= 11 is 0. The smallest absolute Gasteiger partial charge is 0.264 e. The van der Waals surface area contributed by atoms with Crippen LogP contribution in [-0.4, -0.2) is 59.0 Å². The molecule has 45 heavy (non-hydrogen) atoms. The van der Waals surface area contributed by atoms with E-state index >= 15 is 0 Å². The Kier molecular flexibility index (Phi) is 10.8. The number of aryl methyl sites for hydroxylation is 1. The first-order chi connectivity index (χ1) is 21.6. The largest absolute Gasteiger partial charge is 0.493 e. The zero-order valence-electron chi connectivity index (χ0n) is 25.6. The highest BCUT2D eigenvalue weighted by molar-refractivity contribution is 7.92. The Labute approximate surface area is 263 Å². The molecule has 0 fully saturated rings. The molecule has 0 radical (unpaired) electrons. The number of anilines is 1. The third-order valence-corrected chi connectivity index (χ3v) is 9.10. The molecule has 0 aliphatic heterocycles. The van der Waals surface area contributed by atoms with Crippen LogP contribution in [0.5, 0.6) is 11.5 Å². The van der Waals surface area contributed by atoms with Gasteiger partial charge in [0.25, 0.3) is 10.0 Å². The minimum absolute atomic E-state index is 0.0394. The van der Waals surface area contributed by atoms with Crippen LogP contribution in [0.1, 0.15) is 16.7 Å². The average Bonchev–Trinajstić information content (AvgIpc) is 3.06. The second kappa shape index (κ2) is 14.7. The number of hydrogen-bond acceptors (Lipinski definition) is 6. The summed E-state index contributed by atoms with van der Waals surface area (Å²) in [6, 6.07) is 24.7. The van der Waals surface area contributed by atoms with Crippen molar-refractivity contribution in [3.8, 4) is 11.5 Å². The molecule has 0 heterocycles. The van der Waals surface area contributed by atoms with E-state index in [0.29, 0.717) is 5.75 Å². The van der Waals surface area contributed by atoms with Crippen molar-refractivity contribution < 1.29 is 31.9 Å². The zero-order chi connectivity index (χ0) is 32.6. The third kappa shape index (κ3) is 7.98. The topological polar surface area (TPSA) is 105 Å². The lowest BCUT2D eigenvalue weighted by Gasteiger charge is -2.33. The van der Waals surface area contributed by atoms with Crippen LogP contribution >= 0.6 is 0 Å². The predicted octanol–water partition coefficient (Wildman–Crippen LogP) is 4.73. The summed E-state index contributed by atoms with van der Waals surface area (Å²) in [5, 5.41) is 2.65. The first kappa shape index (κ1) is 33.0. The fourth-order valence-corrected chi connectivity index (χ4v) is 6.28. The van der Waals surface area contributed by atoms with Gasteiger partial charge in [0.2, 0.25) is 11.8 Å². The Bertz CT molecular complexity index is 1720. The molecule has 2 amide bonds. The highest BCUT2D eigenvalue weighted by atomic mass is 32.2. The van der Waals surface area contributed by atoms with Crippen molar-refractivity contribution >= 4 is 27.5 Å². The Balaban J connectivity index is 1.80. The van der Waals surface area contributed by atoms with Crippen LogP contribution < -0.4 is 19.1 Å². The van der Waals surface area contributed by atoms with Gasteiger partial charge in [-0.2, -0.15) is 0 Å². The van der Waals surface area contributed by atoms with Gasteiger partial charge in [0, 0.05) is 26.1 Å². The number of nitrogens with one attached hydrogen (secondary N) is 1. The van der Waals surface area contributed by atoms with Crippen LogP contribution in [0.3, 0.4) is 0 Å².